The van der Waals surface area contributed by atoms with Crippen LogP contribution in [-0.2, 0) is 6.54 Å². The second kappa shape index (κ2) is 6.07. The van der Waals surface area contributed by atoms with Gasteiger partial charge in [0.05, 0.1) is 5.56 Å². The molecule has 1 aromatic heterocycles. The van der Waals surface area contributed by atoms with Gasteiger partial charge in [-0.2, -0.15) is 5.26 Å². The third kappa shape index (κ3) is 3.27. The predicted molar refractivity (Wildman–Crippen MR) is 81.8 cm³/mol. The Morgan fingerprint density at radius 3 is 2.55 bits per heavy atom. The third-order valence-corrected chi connectivity index (χ3v) is 3.11. The van der Waals surface area contributed by atoms with Crippen molar-refractivity contribution in [2.75, 3.05) is 30.9 Å². The van der Waals surface area contributed by atoms with Crippen LogP contribution in [0.3, 0.4) is 0 Å². The Bertz CT molecular complexity index is 611. The monoisotopic (exact) mass is 266 g/mol. The Morgan fingerprint density at radius 1 is 1.15 bits per heavy atom. The Labute approximate surface area is 119 Å². The van der Waals surface area contributed by atoms with Crippen molar-refractivity contribution in [3.05, 3.63) is 53.7 Å². The summed E-state index contributed by atoms with van der Waals surface area (Å²) in [6, 6.07) is 14.2. The molecule has 0 saturated heterocycles. The zero-order valence-electron chi connectivity index (χ0n) is 12.0. The molecule has 20 heavy (non-hydrogen) atoms. The van der Waals surface area contributed by atoms with Crippen molar-refractivity contribution in [1.29, 1.82) is 5.26 Å². The normalized spacial score (nSPS) is 9.90. The molecule has 0 radical (unpaired) electrons. The van der Waals surface area contributed by atoms with Crippen molar-refractivity contribution in [2.45, 2.75) is 6.54 Å². The molecule has 0 aliphatic rings. The van der Waals surface area contributed by atoms with Crippen molar-refractivity contribution in [3.63, 3.8) is 0 Å². The molecule has 0 saturated carbocycles. The molecule has 0 aliphatic carbocycles. The third-order valence-electron chi connectivity index (χ3n) is 3.11. The minimum atomic E-state index is 0.580. The van der Waals surface area contributed by atoms with Gasteiger partial charge in [0.2, 0.25) is 0 Å². The van der Waals surface area contributed by atoms with E-state index in [4.69, 9.17) is 5.26 Å². The number of anilines is 2. The summed E-state index contributed by atoms with van der Waals surface area (Å²) in [4.78, 5) is 8.45. The molecule has 1 heterocycles. The molecule has 0 aliphatic heterocycles. The summed E-state index contributed by atoms with van der Waals surface area (Å²) in [6.45, 7) is 0.778. The van der Waals surface area contributed by atoms with Crippen LogP contribution in [0.15, 0.2) is 42.6 Å². The van der Waals surface area contributed by atoms with E-state index in [-0.39, 0.29) is 0 Å². The summed E-state index contributed by atoms with van der Waals surface area (Å²) in [6.07, 6.45) is 1.60. The quantitative estimate of drug-likeness (QED) is 0.853. The van der Waals surface area contributed by atoms with Gasteiger partial charge < -0.3 is 9.80 Å². The maximum atomic E-state index is 8.78. The van der Waals surface area contributed by atoms with Gasteiger partial charge in [-0.25, -0.2) is 4.98 Å². The molecule has 0 N–H and O–H groups in total. The maximum Gasteiger partial charge on any atom is 0.128 e. The molecule has 2 rings (SSSR count). The first-order valence-electron chi connectivity index (χ1n) is 6.43. The SMILES string of the molecule is CN(C)c1cccc(CN(C)c2ccc(C#N)cn2)c1. The van der Waals surface area contributed by atoms with Gasteiger partial charge in [-0.1, -0.05) is 12.1 Å². The lowest BCUT2D eigenvalue weighted by Crippen LogP contribution is -2.18. The van der Waals surface area contributed by atoms with Gasteiger partial charge in [-0.15, -0.1) is 0 Å². The smallest absolute Gasteiger partial charge is 0.128 e. The van der Waals surface area contributed by atoms with Gasteiger partial charge in [-0.05, 0) is 29.8 Å². The first kappa shape index (κ1) is 13.9. The summed E-state index contributed by atoms with van der Waals surface area (Å²) >= 11 is 0. The standard InChI is InChI=1S/C16H18N4/c1-19(2)15-6-4-5-13(9-15)12-20(3)16-8-7-14(10-17)11-18-16/h4-9,11H,12H2,1-3H3. The molecule has 102 valence electrons. The molecule has 1 aromatic carbocycles. The van der Waals surface area contributed by atoms with E-state index in [0.717, 1.165) is 12.4 Å². The number of nitriles is 1. The highest BCUT2D eigenvalue weighted by atomic mass is 15.2. The molecule has 0 bridgehead atoms. The number of nitrogens with zero attached hydrogens (tertiary/aromatic N) is 4. The van der Waals surface area contributed by atoms with E-state index < -0.39 is 0 Å². The van der Waals surface area contributed by atoms with Crippen LogP contribution in [-0.4, -0.2) is 26.1 Å². The molecule has 0 fully saturated rings. The maximum absolute atomic E-state index is 8.78. The van der Waals surface area contributed by atoms with Gasteiger partial charge in [0, 0.05) is 39.6 Å². The number of hydrogen-bond donors (Lipinski definition) is 0. The molecule has 0 amide bonds. The minimum Gasteiger partial charge on any atom is -0.378 e. The number of hydrogen-bond acceptors (Lipinski definition) is 4. The molecule has 4 heteroatoms. The highest BCUT2D eigenvalue weighted by Gasteiger charge is 2.05. The second-order valence-electron chi connectivity index (χ2n) is 4.94. The lowest BCUT2D eigenvalue weighted by atomic mass is 10.2. The zero-order chi connectivity index (χ0) is 14.5. The second-order valence-corrected chi connectivity index (χ2v) is 4.94. The van der Waals surface area contributed by atoms with Crippen molar-refractivity contribution in [1.82, 2.24) is 4.98 Å². The highest BCUT2D eigenvalue weighted by Crippen LogP contribution is 2.17. The van der Waals surface area contributed by atoms with E-state index in [9.17, 15) is 0 Å². The molecular formula is C16H18N4. The lowest BCUT2D eigenvalue weighted by molar-refractivity contribution is 0.896. The van der Waals surface area contributed by atoms with Crippen molar-refractivity contribution in [3.8, 4) is 6.07 Å². The van der Waals surface area contributed by atoms with E-state index in [1.54, 1.807) is 12.3 Å². The summed E-state index contributed by atoms with van der Waals surface area (Å²) < 4.78 is 0. The van der Waals surface area contributed by atoms with Crippen LogP contribution in [0.2, 0.25) is 0 Å². The van der Waals surface area contributed by atoms with Crippen molar-refractivity contribution in [2.24, 2.45) is 0 Å². The first-order valence-corrected chi connectivity index (χ1v) is 6.43. The average molecular weight is 266 g/mol. The largest absolute Gasteiger partial charge is 0.378 e. The molecule has 0 atom stereocenters. The van der Waals surface area contributed by atoms with E-state index in [1.165, 1.54) is 11.3 Å². The van der Waals surface area contributed by atoms with Crippen LogP contribution in [0.25, 0.3) is 0 Å². The van der Waals surface area contributed by atoms with Gasteiger partial charge in [0.15, 0.2) is 0 Å². The topological polar surface area (TPSA) is 43.2 Å². The summed E-state index contributed by atoms with van der Waals surface area (Å²) in [5, 5.41) is 8.78. The number of aromatic nitrogens is 1. The van der Waals surface area contributed by atoms with Crippen LogP contribution < -0.4 is 9.80 Å². The van der Waals surface area contributed by atoms with Gasteiger partial charge in [0.25, 0.3) is 0 Å². The molecule has 0 unspecified atom stereocenters. The fourth-order valence-electron chi connectivity index (χ4n) is 1.97. The summed E-state index contributed by atoms with van der Waals surface area (Å²) in [5.74, 6) is 0.860. The molecular weight excluding hydrogens is 248 g/mol. The van der Waals surface area contributed by atoms with Crippen LogP contribution in [0.5, 0.6) is 0 Å². The van der Waals surface area contributed by atoms with Gasteiger partial charge in [-0.3, -0.25) is 0 Å². The van der Waals surface area contributed by atoms with E-state index in [1.807, 2.05) is 27.2 Å². The van der Waals surface area contributed by atoms with Crippen molar-refractivity contribution < 1.29 is 0 Å². The molecule has 4 nitrogen and oxygen atoms in total. The first-order chi connectivity index (χ1) is 9.60. The highest BCUT2D eigenvalue weighted by molar-refractivity contribution is 5.48. The number of rotatable bonds is 4. The minimum absolute atomic E-state index is 0.580. The van der Waals surface area contributed by atoms with Gasteiger partial charge >= 0.3 is 0 Å². The van der Waals surface area contributed by atoms with Crippen LogP contribution in [0, 0.1) is 11.3 Å². The summed E-state index contributed by atoms with van der Waals surface area (Å²) in [7, 11) is 6.06. The van der Waals surface area contributed by atoms with Crippen molar-refractivity contribution >= 4 is 11.5 Å². The fourth-order valence-corrected chi connectivity index (χ4v) is 1.97. The Balaban J connectivity index is 2.12. The zero-order valence-corrected chi connectivity index (χ0v) is 12.0. The van der Waals surface area contributed by atoms with E-state index in [0.29, 0.717) is 5.56 Å². The number of benzene rings is 1. The average Bonchev–Trinajstić information content (AvgIpc) is 2.47. The van der Waals surface area contributed by atoms with E-state index in [2.05, 4.69) is 45.1 Å². The Morgan fingerprint density at radius 2 is 1.95 bits per heavy atom. The lowest BCUT2D eigenvalue weighted by Gasteiger charge is -2.19. The molecule has 0 spiro atoms. The predicted octanol–water partition coefficient (Wildman–Crippen LogP) is 2.66. The van der Waals surface area contributed by atoms with Crippen LogP contribution in [0.4, 0.5) is 11.5 Å². The van der Waals surface area contributed by atoms with Crippen LogP contribution in [0.1, 0.15) is 11.1 Å². The molecule has 2 aromatic rings. The fraction of sp³-hybridized carbons (Fsp3) is 0.250. The Hall–Kier alpha value is -2.54. The Kier molecular flexibility index (Phi) is 4.21. The summed E-state index contributed by atoms with van der Waals surface area (Å²) in [5.41, 5.74) is 2.99. The van der Waals surface area contributed by atoms with Crippen LogP contribution >= 0.6 is 0 Å². The van der Waals surface area contributed by atoms with Gasteiger partial charge in [0.1, 0.15) is 11.9 Å². The van der Waals surface area contributed by atoms with E-state index >= 15 is 0 Å². The number of pyridine rings is 1.